The summed E-state index contributed by atoms with van der Waals surface area (Å²) in [7, 11) is -7.50. The van der Waals surface area contributed by atoms with Gasteiger partial charge in [-0.15, -0.1) is 0 Å². The lowest BCUT2D eigenvalue weighted by atomic mass is 10.3. The van der Waals surface area contributed by atoms with Gasteiger partial charge in [-0.3, -0.25) is 0 Å². The molecule has 11 heteroatoms. The summed E-state index contributed by atoms with van der Waals surface area (Å²) in [5, 5.41) is 0. The van der Waals surface area contributed by atoms with Crippen LogP contribution in [0.5, 0.6) is 17.2 Å². The minimum atomic E-state index is -3.78. The second-order valence-corrected chi connectivity index (χ2v) is 10.9. The first-order valence-corrected chi connectivity index (χ1v) is 12.8. The second kappa shape index (κ2) is 8.65. The zero-order valence-corrected chi connectivity index (χ0v) is 18.7. The van der Waals surface area contributed by atoms with Gasteiger partial charge in [0.2, 0.25) is 20.0 Å². The molecule has 2 heterocycles. The molecule has 2 aliphatic rings. The van der Waals surface area contributed by atoms with Crippen LogP contribution in [0.4, 0.5) is 0 Å². The molecule has 2 aromatic carbocycles. The monoisotopic (exact) mass is 468 g/mol. The van der Waals surface area contributed by atoms with E-state index in [1.807, 2.05) is 6.92 Å². The quantitative estimate of drug-likeness (QED) is 0.634. The Hall–Kier alpha value is -2.34. The van der Waals surface area contributed by atoms with Gasteiger partial charge in [0.05, 0.1) is 16.4 Å². The predicted molar refractivity (Wildman–Crippen MR) is 113 cm³/mol. The number of benzene rings is 2. The fourth-order valence-corrected chi connectivity index (χ4v) is 6.37. The van der Waals surface area contributed by atoms with Crippen LogP contribution in [-0.2, 0) is 20.0 Å². The number of rotatable bonds is 6. The van der Waals surface area contributed by atoms with E-state index in [0.717, 1.165) is 0 Å². The van der Waals surface area contributed by atoms with E-state index in [9.17, 15) is 16.8 Å². The molecule has 31 heavy (non-hydrogen) atoms. The third-order valence-electron chi connectivity index (χ3n) is 5.12. The molecule has 0 unspecified atom stereocenters. The zero-order valence-electron chi connectivity index (χ0n) is 17.1. The van der Waals surface area contributed by atoms with Crippen LogP contribution < -0.4 is 14.2 Å². The number of fused-ring (bicyclic) bond motifs is 1. The van der Waals surface area contributed by atoms with Crippen LogP contribution in [0.25, 0.3) is 0 Å². The van der Waals surface area contributed by atoms with Gasteiger partial charge in [-0.05, 0) is 43.3 Å². The Kier molecular flexibility index (Phi) is 6.11. The smallest absolute Gasteiger partial charge is 0.243 e. The van der Waals surface area contributed by atoms with Crippen LogP contribution >= 0.6 is 0 Å². The first kappa shape index (κ1) is 21.9. The molecule has 0 radical (unpaired) electrons. The molecule has 1 fully saturated rings. The van der Waals surface area contributed by atoms with E-state index in [4.69, 9.17) is 14.2 Å². The van der Waals surface area contributed by atoms with E-state index in [1.54, 1.807) is 18.2 Å². The molecule has 9 nitrogen and oxygen atoms in total. The summed E-state index contributed by atoms with van der Waals surface area (Å²) in [6.45, 7) is 3.39. The topological polar surface area (TPSA) is 102 Å². The number of ether oxygens (including phenoxy) is 3. The van der Waals surface area contributed by atoms with Gasteiger partial charge in [-0.2, -0.15) is 8.61 Å². The normalized spacial score (nSPS) is 18.0. The van der Waals surface area contributed by atoms with Crippen LogP contribution in [0.1, 0.15) is 6.92 Å². The Labute approximate surface area is 182 Å². The molecule has 0 aliphatic carbocycles. The average molecular weight is 469 g/mol. The molecule has 2 aromatic rings. The third-order valence-corrected chi connectivity index (χ3v) is 8.93. The maximum Gasteiger partial charge on any atom is 0.243 e. The molecule has 0 bridgehead atoms. The molecule has 0 saturated carbocycles. The molecule has 0 atom stereocenters. The highest BCUT2D eigenvalue weighted by atomic mass is 32.2. The summed E-state index contributed by atoms with van der Waals surface area (Å²) in [5.74, 6) is 1.50. The van der Waals surface area contributed by atoms with Crippen LogP contribution in [-0.4, -0.2) is 71.4 Å². The Balaban J connectivity index is 1.46. The summed E-state index contributed by atoms with van der Waals surface area (Å²) < 4.78 is 70.8. The summed E-state index contributed by atoms with van der Waals surface area (Å²) in [5.41, 5.74) is 0. The zero-order chi connectivity index (χ0) is 22.1. The Morgan fingerprint density at radius 1 is 0.774 bits per heavy atom. The number of hydrogen-bond acceptors (Lipinski definition) is 7. The Bertz CT molecular complexity index is 1140. The molecule has 0 aromatic heterocycles. The van der Waals surface area contributed by atoms with Gasteiger partial charge in [0.15, 0.2) is 11.5 Å². The third kappa shape index (κ3) is 4.36. The predicted octanol–water partition coefficient (Wildman–Crippen LogP) is 1.55. The van der Waals surface area contributed by atoms with E-state index in [1.165, 1.54) is 32.9 Å². The Morgan fingerprint density at radius 3 is 1.87 bits per heavy atom. The van der Waals surface area contributed by atoms with Crippen molar-refractivity contribution < 1.29 is 31.0 Å². The van der Waals surface area contributed by atoms with Crippen molar-refractivity contribution in [2.24, 2.45) is 0 Å². The minimum Gasteiger partial charge on any atom is -0.494 e. The molecule has 0 N–H and O–H groups in total. The first-order chi connectivity index (χ1) is 14.8. The van der Waals surface area contributed by atoms with Crippen LogP contribution in [0.3, 0.4) is 0 Å². The molecular weight excluding hydrogens is 444 g/mol. The molecule has 2 aliphatic heterocycles. The molecule has 4 rings (SSSR count). The molecule has 0 amide bonds. The van der Waals surface area contributed by atoms with E-state index in [-0.39, 0.29) is 36.0 Å². The number of piperazine rings is 1. The SMILES string of the molecule is CCOc1ccc(S(=O)(=O)N2CCN(S(=O)(=O)c3ccc4c(c3)OCCO4)CC2)cc1. The fraction of sp³-hybridized carbons (Fsp3) is 0.400. The van der Waals surface area contributed by atoms with Crippen molar-refractivity contribution in [2.75, 3.05) is 46.0 Å². The average Bonchev–Trinajstić information content (AvgIpc) is 2.79. The lowest BCUT2D eigenvalue weighted by Crippen LogP contribution is -2.50. The molecule has 0 spiro atoms. The highest BCUT2D eigenvalue weighted by molar-refractivity contribution is 7.89. The molecule has 1 saturated heterocycles. The lowest BCUT2D eigenvalue weighted by Gasteiger charge is -2.33. The highest BCUT2D eigenvalue weighted by Gasteiger charge is 2.34. The minimum absolute atomic E-state index is 0.0625. The molecule has 168 valence electrons. The molecular formula is C20H24N2O7S2. The van der Waals surface area contributed by atoms with E-state index in [2.05, 4.69) is 0 Å². The summed E-state index contributed by atoms with van der Waals surface area (Å²) in [6.07, 6.45) is 0. The van der Waals surface area contributed by atoms with Gasteiger partial charge in [0.1, 0.15) is 19.0 Å². The summed E-state index contributed by atoms with van der Waals surface area (Å²) in [4.78, 5) is 0.249. The van der Waals surface area contributed by atoms with Crippen molar-refractivity contribution in [1.29, 1.82) is 0 Å². The summed E-state index contributed by atoms with van der Waals surface area (Å²) >= 11 is 0. The van der Waals surface area contributed by atoms with Crippen molar-refractivity contribution in [2.45, 2.75) is 16.7 Å². The number of sulfonamides is 2. The van der Waals surface area contributed by atoms with Gasteiger partial charge in [0.25, 0.3) is 0 Å². The van der Waals surface area contributed by atoms with Crippen LogP contribution in [0.15, 0.2) is 52.3 Å². The van der Waals surface area contributed by atoms with Crippen LogP contribution in [0, 0.1) is 0 Å². The van der Waals surface area contributed by atoms with Gasteiger partial charge >= 0.3 is 0 Å². The maximum atomic E-state index is 13.0. The van der Waals surface area contributed by atoms with Gasteiger partial charge in [-0.25, -0.2) is 16.8 Å². The van der Waals surface area contributed by atoms with Crippen molar-refractivity contribution >= 4 is 20.0 Å². The van der Waals surface area contributed by atoms with Crippen molar-refractivity contribution in [3.63, 3.8) is 0 Å². The van der Waals surface area contributed by atoms with Crippen molar-refractivity contribution in [3.05, 3.63) is 42.5 Å². The van der Waals surface area contributed by atoms with Gasteiger partial charge < -0.3 is 14.2 Å². The second-order valence-electron chi connectivity index (χ2n) is 7.02. The van der Waals surface area contributed by atoms with E-state index >= 15 is 0 Å². The van der Waals surface area contributed by atoms with Crippen LogP contribution in [0.2, 0.25) is 0 Å². The largest absolute Gasteiger partial charge is 0.494 e. The lowest BCUT2D eigenvalue weighted by molar-refractivity contribution is 0.171. The standard InChI is InChI=1S/C20H24N2O7S2/c1-2-27-16-3-5-17(6-4-16)30(23,24)21-9-11-22(12-10-21)31(25,26)18-7-8-19-20(15-18)29-14-13-28-19/h3-8,15H,2,9-14H2,1H3. The van der Waals surface area contributed by atoms with Gasteiger partial charge in [-0.1, -0.05) is 0 Å². The Morgan fingerprint density at radius 2 is 1.29 bits per heavy atom. The fourth-order valence-electron chi connectivity index (χ4n) is 3.51. The van der Waals surface area contributed by atoms with E-state index < -0.39 is 20.0 Å². The van der Waals surface area contributed by atoms with Crippen molar-refractivity contribution in [1.82, 2.24) is 8.61 Å². The number of nitrogens with zero attached hydrogens (tertiary/aromatic N) is 2. The number of hydrogen-bond donors (Lipinski definition) is 0. The summed E-state index contributed by atoms with van der Waals surface area (Å²) in [6, 6.07) is 10.7. The first-order valence-electron chi connectivity index (χ1n) is 9.95. The van der Waals surface area contributed by atoms with Crippen molar-refractivity contribution in [3.8, 4) is 17.2 Å². The highest BCUT2D eigenvalue weighted by Crippen LogP contribution is 2.33. The maximum absolute atomic E-state index is 13.0. The van der Waals surface area contributed by atoms with E-state index in [0.29, 0.717) is 37.1 Å². The van der Waals surface area contributed by atoms with Gasteiger partial charge in [0, 0.05) is 32.2 Å².